The maximum atomic E-state index is 12.6. The molecular weight excluding hydrogens is 339 g/mol. The molecule has 0 aliphatic carbocycles. The van der Waals surface area contributed by atoms with E-state index in [-0.39, 0.29) is 24.7 Å². The number of carbonyl (C=O) groups is 1. The Morgan fingerprint density at radius 3 is 2.56 bits per heavy atom. The molecule has 140 valence electrons. The van der Waals surface area contributed by atoms with E-state index in [0.29, 0.717) is 29.7 Å². The second-order valence-electron chi connectivity index (χ2n) is 6.86. The first kappa shape index (κ1) is 20.5. The van der Waals surface area contributed by atoms with Crippen molar-refractivity contribution in [2.75, 3.05) is 6.61 Å². The summed E-state index contributed by atoms with van der Waals surface area (Å²) in [6.07, 6.45) is 1.03. The molecule has 6 heteroatoms. The highest BCUT2D eigenvalue weighted by atomic mass is 16.5. The van der Waals surface area contributed by atoms with Crippen LogP contribution >= 0.6 is 0 Å². The van der Waals surface area contributed by atoms with Crippen LogP contribution in [-0.4, -0.2) is 37.6 Å². The monoisotopic (exact) mass is 364 g/mol. The fourth-order valence-electron chi connectivity index (χ4n) is 2.77. The zero-order valence-electron chi connectivity index (χ0n) is 16.0. The number of hydrogen-bond donors (Lipinski definition) is 2. The summed E-state index contributed by atoms with van der Waals surface area (Å²) in [5.41, 5.74) is 3.00. The Morgan fingerprint density at radius 2 is 1.96 bits per heavy atom. The first-order chi connectivity index (χ1) is 12.9. The van der Waals surface area contributed by atoms with Crippen LogP contribution in [0.3, 0.4) is 0 Å². The highest BCUT2D eigenvalue weighted by Gasteiger charge is 2.16. The Hall–Kier alpha value is -2.78. The van der Waals surface area contributed by atoms with E-state index in [1.807, 2.05) is 46.0 Å². The number of ether oxygens (including phenoxy) is 1. The molecule has 0 heterocycles. The number of aliphatic hydroxyl groups excluding tert-OH is 1. The molecule has 0 spiro atoms. The van der Waals surface area contributed by atoms with Crippen molar-refractivity contribution in [3.8, 4) is 11.8 Å². The summed E-state index contributed by atoms with van der Waals surface area (Å²) in [5, 5.41) is 21.6. The molecular formula is C21H25BN2O3. The van der Waals surface area contributed by atoms with Gasteiger partial charge in [0.15, 0.2) is 0 Å². The first-order valence-electron chi connectivity index (χ1n) is 9.11. The Balaban J connectivity index is 2.12. The minimum Gasteiger partial charge on any atom is -0.490 e. The second kappa shape index (κ2) is 9.79. The van der Waals surface area contributed by atoms with Gasteiger partial charge in [-0.15, -0.1) is 0 Å². The van der Waals surface area contributed by atoms with Crippen molar-refractivity contribution >= 4 is 19.2 Å². The summed E-state index contributed by atoms with van der Waals surface area (Å²) < 4.78 is 5.59. The van der Waals surface area contributed by atoms with Crippen LogP contribution in [0.1, 0.15) is 41.8 Å². The summed E-state index contributed by atoms with van der Waals surface area (Å²) in [4.78, 5) is 12.6. The van der Waals surface area contributed by atoms with Gasteiger partial charge in [0.2, 0.25) is 0 Å². The summed E-state index contributed by atoms with van der Waals surface area (Å²) in [5.74, 6) is 0.198. The van der Waals surface area contributed by atoms with Gasteiger partial charge in [0.25, 0.3) is 5.91 Å². The topological polar surface area (TPSA) is 82.3 Å². The fourth-order valence-corrected chi connectivity index (χ4v) is 2.77. The van der Waals surface area contributed by atoms with Crippen LogP contribution in [0.5, 0.6) is 5.75 Å². The molecule has 27 heavy (non-hydrogen) atoms. The van der Waals surface area contributed by atoms with Gasteiger partial charge >= 0.3 is 0 Å². The average Bonchev–Trinajstić information content (AvgIpc) is 2.63. The lowest BCUT2D eigenvalue weighted by atomic mass is 9.93. The summed E-state index contributed by atoms with van der Waals surface area (Å²) in [6, 6.07) is 14.8. The third kappa shape index (κ3) is 6.16. The number of amides is 1. The van der Waals surface area contributed by atoms with Gasteiger partial charge < -0.3 is 15.2 Å². The van der Waals surface area contributed by atoms with Crippen molar-refractivity contribution < 1.29 is 14.6 Å². The molecule has 1 amide bonds. The van der Waals surface area contributed by atoms with E-state index in [9.17, 15) is 15.2 Å². The lowest BCUT2D eigenvalue weighted by molar-refractivity contribution is 0.0930. The van der Waals surface area contributed by atoms with Crippen molar-refractivity contribution in [2.45, 2.75) is 38.8 Å². The Morgan fingerprint density at radius 1 is 1.26 bits per heavy atom. The second-order valence-corrected chi connectivity index (χ2v) is 6.86. The zero-order valence-corrected chi connectivity index (χ0v) is 16.0. The van der Waals surface area contributed by atoms with Crippen molar-refractivity contribution in [1.82, 2.24) is 5.32 Å². The number of nitrogens with one attached hydrogen (secondary N) is 1. The maximum absolute atomic E-state index is 12.6. The van der Waals surface area contributed by atoms with Crippen LogP contribution < -0.4 is 15.5 Å². The molecule has 2 N–H and O–H groups in total. The summed E-state index contributed by atoms with van der Waals surface area (Å²) in [7, 11) is 2.02. The molecule has 0 saturated heterocycles. The Kier molecular flexibility index (Phi) is 7.45. The summed E-state index contributed by atoms with van der Waals surface area (Å²) in [6.45, 7) is 3.75. The average molecular weight is 364 g/mol. The van der Waals surface area contributed by atoms with Crippen LogP contribution in [0, 0.1) is 11.3 Å². The third-order valence-corrected chi connectivity index (χ3v) is 4.14. The van der Waals surface area contributed by atoms with E-state index < -0.39 is 0 Å². The lowest BCUT2D eigenvalue weighted by Gasteiger charge is -2.19. The SMILES string of the molecule is Bc1ccc(CC(CCO)NC(=O)c2ccc(OC(C)C)c(C#N)c2)cc1. The Bertz CT molecular complexity index is 813. The van der Waals surface area contributed by atoms with Gasteiger partial charge in [-0.3, -0.25) is 4.79 Å². The number of carbonyl (C=O) groups excluding carboxylic acids is 1. The van der Waals surface area contributed by atoms with Crippen molar-refractivity contribution in [2.24, 2.45) is 0 Å². The normalized spacial score (nSPS) is 11.7. The van der Waals surface area contributed by atoms with Crippen molar-refractivity contribution in [1.29, 1.82) is 5.26 Å². The zero-order chi connectivity index (χ0) is 19.8. The molecule has 0 saturated carbocycles. The van der Waals surface area contributed by atoms with E-state index in [1.54, 1.807) is 12.1 Å². The highest BCUT2D eigenvalue weighted by Crippen LogP contribution is 2.21. The molecule has 0 aromatic heterocycles. The molecule has 2 aromatic carbocycles. The molecule has 5 nitrogen and oxygen atoms in total. The van der Waals surface area contributed by atoms with Crippen LogP contribution in [0.25, 0.3) is 0 Å². The predicted molar refractivity (Wildman–Crippen MR) is 108 cm³/mol. The van der Waals surface area contributed by atoms with E-state index >= 15 is 0 Å². The van der Waals surface area contributed by atoms with Crippen LogP contribution in [0.4, 0.5) is 0 Å². The van der Waals surface area contributed by atoms with Gasteiger partial charge in [0, 0.05) is 18.2 Å². The van der Waals surface area contributed by atoms with Crippen LogP contribution in [-0.2, 0) is 6.42 Å². The predicted octanol–water partition coefficient (Wildman–Crippen LogP) is 1.33. The number of benzene rings is 2. The first-order valence-corrected chi connectivity index (χ1v) is 9.11. The van der Waals surface area contributed by atoms with Crippen LogP contribution in [0.15, 0.2) is 42.5 Å². The molecule has 2 aromatic rings. The minimum absolute atomic E-state index is 0.0125. The van der Waals surface area contributed by atoms with Crippen LogP contribution in [0.2, 0.25) is 0 Å². The molecule has 0 bridgehead atoms. The maximum Gasteiger partial charge on any atom is 0.251 e. The van der Waals surface area contributed by atoms with Crippen molar-refractivity contribution in [3.05, 3.63) is 59.2 Å². The largest absolute Gasteiger partial charge is 0.490 e. The van der Waals surface area contributed by atoms with Crippen molar-refractivity contribution in [3.63, 3.8) is 0 Å². The van der Waals surface area contributed by atoms with E-state index in [2.05, 4.69) is 11.4 Å². The number of nitrogens with zero attached hydrogens (tertiary/aromatic N) is 1. The molecule has 0 aliphatic heterocycles. The molecule has 1 atom stereocenters. The number of hydrogen-bond acceptors (Lipinski definition) is 4. The van der Waals surface area contributed by atoms with E-state index in [1.165, 1.54) is 11.5 Å². The standard InChI is InChI=1S/C21H25BN2O3/c1-14(2)27-20-8-5-16(12-17(20)13-23)21(26)24-19(9-10-25)11-15-3-6-18(22)7-4-15/h3-8,12,14,19,25H,9-11,22H2,1-2H3,(H,24,26). The summed E-state index contributed by atoms with van der Waals surface area (Å²) >= 11 is 0. The van der Waals surface area contributed by atoms with Gasteiger partial charge in [0.1, 0.15) is 19.7 Å². The molecule has 2 rings (SSSR count). The molecule has 0 fully saturated rings. The number of aliphatic hydroxyl groups is 1. The van der Waals surface area contributed by atoms with Gasteiger partial charge in [-0.2, -0.15) is 5.26 Å². The minimum atomic E-state index is -0.270. The highest BCUT2D eigenvalue weighted by molar-refractivity contribution is 6.32. The van der Waals surface area contributed by atoms with E-state index in [0.717, 1.165) is 5.56 Å². The molecule has 0 aliphatic rings. The smallest absolute Gasteiger partial charge is 0.251 e. The third-order valence-electron chi connectivity index (χ3n) is 4.14. The van der Waals surface area contributed by atoms with E-state index in [4.69, 9.17) is 4.74 Å². The molecule has 1 unspecified atom stereocenters. The van der Waals surface area contributed by atoms with Gasteiger partial charge in [-0.1, -0.05) is 29.7 Å². The Labute approximate surface area is 161 Å². The lowest BCUT2D eigenvalue weighted by Crippen LogP contribution is -2.37. The van der Waals surface area contributed by atoms with Gasteiger partial charge in [0.05, 0.1) is 11.7 Å². The number of rotatable bonds is 8. The van der Waals surface area contributed by atoms with Gasteiger partial charge in [-0.25, -0.2) is 0 Å². The number of nitriles is 1. The quantitative estimate of drug-likeness (QED) is 0.693. The molecule has 0 radical (unpaired) electrons. The fraction of sp³-hybridized carbons (Fsp3) is 0.333. The van der Waals surface area contributed by atoms with Gasteiger partial charge in [-0.05, 0) is 50.5 Å².